The van der Waals surface area contributed by atoms with Crippen LogP contribution >= 0.6 is 0 Å². The summed E-state index contributed by atoms with van der Waals surface area (Å²) >= 11 is 0. The number of carboxylic acid groups (broad SMARTS) is 1. The van der Waals surface area contributed by atoms with E-state index in [-0.39, 0.29) is 17.9 Å². The predicted molar refractivity (Wildman–Crippen MR) is 63.4 cm³/mol. The Morgan fingerprint density at radius 3 is 2.53 bits per heavy atom. The van der Waals surface area contributed by atoms with Crippen LogP contribution in [0.5, 0.6) is 0 Å². The molecule has 0 bridgehead atoms. The Kier molecular flexibility index (Phi) is 5.35. The minimum Gasteiger partial charge on any atom is -0.477 e. The second-order valence-corrected chi connectivity index (χ2v) is 3.86. The zero-order chi connectivity index (χ0) is 14.4. The van der Waals surface area contributed by atoms with Gasteiger partial charge in [-0.15, -0.1) is 0 Å². The van der Waals surface area contributed by atoms with E-state index in [0.717, 1.165) is 4.90 Å². The molecular formula is C12H14F2N2O3. The van der Waals surface area contributed by atoms with Crippen molar-refractivity contribution in [3.05, 3.63) is 29.6 Å². The van der Waals surface area contributed by atoms with Crippen LogP contribution in [0.15, 0.2) is 18.2 Å². The number of hydrogen-bond donors (Lipinski definition) is 1. The number of aromatic carboxylic acids is 1. The molecule has 1 heterocycles. The van der Waals surface area contributed by atoms with E-state index < -0.39 is 24.8 Å². The van der Waals surface area contributed by atoms with Crippen LogP contribution in [-0.2, 0) is 0 Å². The third-order valence-electron chi connectivity index (χ3n) is 2.33. The van der Waals surface area contributed by atoms with Gasteiger partial charge in [0.2, 0.25) is 0 Å². The summed E-state index contributed by atoms with van der Waals surface area (Å²) in [5.41, 5.74) is -0.437. The summed E-state index contributed by atoms with van der Waals surface area (Å²) in [4.78, 5) is 27.3. The largest absolute Gasteiger partial charge is 0.477 e. The summed E-state index contributed by atoms with van der Waals surface area (Å²) in [6.07, 6.45) is -2.12. The number of alkyl halides is 2. The molecule has 0 fully saturated rings. The highest BCUT2D eigenvalue weighted by molar-refractivity contribution is 5.94. The lowest BCUT2D eigenvalue weighted by Gasteiger charge is -2.21. The molecule has 0 aliphatic carbocycles. The lowest BCUT2D eigenvalue weighted by Crippen LogP contribution is -2.36. The first-order chi connectivity index (χ1) is 8.95. The Morgan fingerprint density at radius 2 is 2.00 bits per heavy atom. The molecule has 0 unspecified atom stereocenters. The van der Waals surface area contributed by atoms with Gasteiger partial charge < -0.3 is 10.0 Å². The van der Waals surface area contributed by atoms with Crippen molar-refractivity contribution < 1.29 is 23.5 Å². The number of rotatable bonds is 6. The maximum absolute atomic E-state index is 12.4. The number of carbonyl (C=O) groups excluding carboxylic acids is 1. The average Bonchev–Trinajstić information content (AvgIpc) is 2.37. The Balaban J connectivity index is 2.95. The molecule has 0 radical (unpaired) electrons. The van der Waals surface area contributed by atoms with Crippen molar-refractivity contribution >= 4 is 11.9 Å². The maximum atomic E-state index is 12.4. The molecule has 1 amide bonds. The van der Waals surface area contributed by atoms with Gasteiger partial charge in [-0.05, 0) is 18.6 Å². The summed E-state index contributed by atoms with van der Waals surface area (Å²) in [5, 5.41) is 8.77. The Labute approximate surface area is 108 Å². The lowest BCUT2D eigenvalue weighted by molar-refractivity contribution is 0.0549. The number of hydrogen-bond acceptors (Lipinski definition) is 3. The zero-order valence-electron chi connectivity index (χ0n) is 10.3. The number of nitrogens with zero attached hydrogens (tertiary/aromatic N) is 2. The van der Waals surface area contributed by atoms with Gasteiger partial charge in [-0.25, -0.2) is 18.6 Å². The number of amides is 1. The first-order valence-corrected chi connectivity index (χ1v) is 5.73. The highest BCUT2D eigenvalue weighted by Crippen LogP contribution is 2.07. The fraction of sp³-hybridized carbons (Fsp3) is 0.417. The van der Waals surface area contributed by atoms with E-state index in [0.29, 0.717) is 6.42 Å². The number of carboxylic acids is 1. The summed E-state index contributed by atoms with van der Waals surface area (Å²) in [6.45, 7) is 1.24. The van der Waals surface area contributed by atoms with Crippen LogP contribution in [0.3, 0.4) is 0 Å². The van der Waals surface area contributed by atoms with Crippen molar-refractivity contribution in [2.24, 2.45) is 0 Å². The first kappa shape index (κ1) is 15.0. The summed E-state index contributed by atoms with van der Waals surface area (Å²) in [5.74, 6) is -1.96. The van der Waals surface area contributed by atoms with Crippen LogP contribution in [0.4, 0.5) is 8.78 Å². The van der Waals surface area contributed by atoms with Crippen molar-refractivity contribution in [3.8, 4) is 0 Å². The van der Waals surface area contributed by atoms with Gasteiger partial charge in [0.15, 0.2) is 0 Å². The zero-order valence-corrected chi connectivity index (χ0v) is 10.3. The van der Waals surface area contributed by atoms with Gasteiger partial charge in [0, 0.05) is 6.54 Å². The van der Waals surface area contributed by atoms with E-state index in [1.54, 1.807) is 6.92 Å². The third kappa shape index (κ3) is 4.27. The molecule has 0 aliphatic rings. The van der Waals surface area contributed by atoms with Crippen LogP contribution in [0.1, 0.15) is 34.3 Å². The smallest absolute Gasteiger partial charge is 0.354 e. The molecule has 19 heavy (non-hydrogen) atoms. The molecule has 0 spiro atoms. The van der Waals surface area contributed by atoms with Gasteiger partial charge in [0.1, 0.15) is 11.4 Å². The van der Waals surface area contributed by atoms with Gasteiger partial charge in [0.25, 0.3) is 12.3 Å². The lowest BCUT2D eigenvalue weighted by atomic mass is 10.2. The number of halogens is 2. The molecular weight excluding hydrogens is 258 g/mol. The van der Waals surface area contributed by atoms with Crippen LogP contribution in [-0.4, -0.2) is 46.4 Å². The quantitative estimate of drug-likeness (QED) is 0.858. The summed E-state index contributed by atoms with van der Waals surface area (Å²) in [7, 11) is 0. The topological polar surface area (TPSA) is 70.5 Å². The highest BCUT2D eigenvalue weighted by atomic mass is 19.3. The van der Waals surface area contributed by atoms with Crippen LogP contribution in [0, 0.1) is 0 Å². The molecule has 104 valence electrons. The van der Waals surface area contributed by atoms with Crippen LogP contribution in [0.2, 0.25) is 0 Å². The van der Waals surface area contributed by atoms with Crippen molar-refractivity contribution in [2.45, 2.75) is 19.8 Å². The molecule has 0 aromatic carbocycles. The van der Waals surface area contributed by atoms with Crippen molar-refractivity contribution in [2.75, 3.05) is 13.1 Å². The van der Waals surface area contributed by atoms with Gasteiger partial charge in [-0.2, -0.15) is 0 Å². The Morgan fingerprint density at radius 1 is 1.37 bits per heavy atom. The Bertz CT molecular complexity index is 466. The molecule has 0 atom stereocenters. The van der Waals surface area contributed by atoms with Gasteiger partial charge >= 0.3 is 5.97 Å². The molecule has 0 saturated carbocycles. The normalized spacial score (nSPS) is 10.5. The van der Waals surface area contributed by atoms with E-state index in [1.807, 2.05) is 0 Å². The molecule has 0 saturated heterocycles. The minimum absolute atomic E-state index is 0.144. The van der Waals surface area contributed by atoms with E-state index in [2.05, 4.69) is 4.98 Å². The van der Waals surface area contributed by atoms with E-state index in [4.69, 9.17) is 5.11 Å². The monoisotopic (exact) mass is 272 g/mol. The first-order valence-electron chi connectivity index (χ1n) is 5.73. The summed E-state index contributed by atoms with van der Waals surface area (Å²) in [6, 6.07) is 3.90. The molecule has 1 rings (SSSR count). The SMILES string of the molecule is CCCN(CC(F)F)C(=O)c1cccc(C(=O)O)n1. The predicted octanol–water partition coefficient (Wildman–Crippen LogP) is 1.90. The second-order valence-electron chi connectivity index (χ2n) is 3.86. The van der Waals surface area contributed by atoms with Crippen LogP contribution in [0.25, 0.3) is 0 Å². The average molecular weight is 272 g/mol. The number of carbonyl (C=O) groups is 2. The molecule has 1 aromatic rings. The van der Waals surface area contributed by atoms with Crippen LogP contribution < -0.4 is 0 Å². The fourth-order valence-electron chi connectivity index (χ4n) is 1.55. The molecule has 1 aromatic heterocycles. The number of pyridine rings is 1. The summed E-state index contributed by atoms with van der Waals surface area (Å²) < 4.78 is 24.8. The molecule has 5 nitrogen and oxygen atoms in total. The van der Waals surface area contributed by atoms with E-state index in [1.165, 1.54) is 18.2 Å². The van der Waals surface area contributed by atoms with Gasteiger partial charge in [0.05, 0.1) is 6.54 Å². The van der Waals surface area contributed by atoms with Crippen molar-refractivity contribution in [1.29, 1.82) is 0 Å². The highest BCUT2D eigenvalue weighted by Gasteiger charge is 2.20. The molecule has 7 heteroatoms. The third-order valence-corrected chi connectivity index (χ3v) is 2.33. The van der Waals surface area contributed by atoms with Gasteiger partial charge in [-0.1, -0.05) is 13.0 Å². The molecule has 1 N–H and O–H groups in total. The van der Waals surface area contributed by atoms with Gasteiger partial charge in [-0.3, -0.25) is 4.79 Å². The minimum atomic E-state index is -2.64. The number of aromatic nitrogens is 1. The van der Waals surface area contributed by atoms with E-state index in [9.17, 15) is 18.4 Å². The van der Waals surface area contributed by atoms with Crippen molar-refractivity contribution in [3.63, 3.8) is 0 Å². The van der Waals surface area contributed by atoms with E-state index >= 15 is 0 Å². The second kappa shape index (κ2) is 6.77. The van der Waals surface area contributed by atoms with Crippen molar-refractivity contribution in [1.82, 2.24) is 9.88 Å². The fourth-order valence-corrected chi connectivity index (χ4v) is 1.55. The molecule has 0 aliphatic heterocycles. The Hall–Kier alpha value is -2.05. The maximum Gasteiger partial charge on any atom is 0.354 e. The standard InChI is InChI=1S/C12H14F2N2O3/c1-2-6-16(7-10(13)14)11(17)8-4-3-5-9(15-8)12(18)19/h3-5,10H,2,6-7H2,1H3,(H,18,19).